The van der Waals surface area contributed by atoms with E-state index in [-0.39, 0.29) is 23.2 Å². The van der Waals surface area contributed by atoms with E-state index in [1.807, 2.05) is 12.2 Å². The Balaban J connectivity index is 0.000000152. The summed E-state index contributed by atoms with van der Waals surface area (Å²) in [5.41, 5.74) is 6.44. The van der Waals surface area contributed by atoms with Crippen molar-refractivity contribution < 1.29 is 28.6 Å². The molecule has 0 amide bonds. The molecule has 4 aliphatic rings. The lowest BCUT2D eigenvalue weighted by molar-refractivity contribution is -0.128. The van der Waals surface area contributed by atoms with Crippen LogP contribution < -0.4 is 0 Å². The topological polar surface area (TPSA) is 110 Å². The van der Waals surface area contributed by atoms with Crippen molar-refractivity contribution in [1.82, 2.24) is 19.6 Å². The molecule has 8 rings (SSSR count). The maximum Gasteiger partial charge on any atom is 0.140 e. The van der Waals surface area contributed by atoms with E-state index in [0.717, 1.165) is 57.9 Å². The molecule has 10 heteroatoms. The van der Waals surface area contributed by atoms with Gasteiger partial charge in [0.2, 0.25) is 0 Å². The minimum atomic E-state index is -0.596. The number of aromatic nitrogens is 4. The van der Waals surface area contributed by atoms with Crippen LogP contribution in [0.4, 0.5) is 8.78 Å². The highest BCUT2D eigenvalue weighted by molar-refractivity contribution is 5.90. The van der Waals surface area contributed by atoms with Gasteiger partial charge in [-0.25, -0.2) is 18.1 Å². The number of hydrogen-bond donors (Lipinski definition) is 2. The molecule has 0 bridgehead atoms. The van der Waals surface area contributed by atoms with Gasteiger partial charge in [-0.3, -0.25) is 9.59 Å². The van der Waals surface area contributed by atoms with Gasteiger partial charge in [0.15, 0.2) is 0 Å². The molecule has 2 saturated carbocycles. The van der Waals surface area contributed by atoms with Crippen LogP contribution >= 0.6 is 0 Å². The maximum atomic E-state index is 13.2. The van der Waals surface area contributed by atoms with Gasteiger partial charge in [0.05, 0.1) is 58.2 Å². The number of Topliss-reactive ketones (excluding diaryl/α,β-unsaturated/α-hetero) is 2. The molecule has 4 aromatic rings. The average Bonchev–Trinajstić information content (AvgIpc) is 3.66. The number of nitrogens with zero attached hydrogens (tertiary/aromatic N) is 4. The molecule has 2 N–H and O–H groups in total. The summed E-state index contributed by atoms with van der Waals surface area (Å²) in [6.07, 6.45) is 11.7. The van der Waals surface area contributed by atoms with Crippen LogP contribution in [0.1, 0.15) is 74.9 Å². The predicted molar refractivity (Wildman–Crippen MR) is 176 cm³/mol. The molecule has 248 valence electrons. The van der Waals surface area contributed by atoms with E-state index < -0.39 is 23.0 Å². The largest absolute Gasteiger partial charge is 0.393 e. The second-order valence-electron chi connectivity index (χ2n) is 13.6. The number of allylic oxidation sites excluding steroid dienone is 2. The van der Waals surface area contributed by atoms with Crippen molar-refractivity contribution in [3.05, 3.63) is 106 Å². The molecular formula is C38H38F2N4O4. The minimum Gasteiger partial charge on any atom is -0.393 e. The molecule has 0 spiro atoms. The lowest BCUT2D eigenvalue weighted by Gasteiger charge is -2.42. The van der Waals surface area contributed by atoms with Gasteiger partial charge in [-0.05, 0) is 137 Å². The monoisotopic (exact) mass is 652 g/mol. The van der Waals surface area contributed by atoms with Gasteiger partial charge in [-0.1, -0.05) is 11.1 Å². The van der Waals surface area contributed by atoms with E-state index >= 15 is 0 Å². The van der Waals surface area contributed by atoms with Crippen molar-refractivity contribution in [1.29, 1.82) is 0 Å². The third-order valence-corrected chi connectivity index (χ3v) is 10.8. The molecule has 1 unspecified atom stereocenters. The van der Waals surface area contributed by atoms with E-state index in [4.69, 9.17) is 0 Å². The fraction of sp³-hybridized carbons (Fsp3) is 0.368. The van der Waals surface area contributed by atoms with Crippen molar-refractivity contribution in [2.45, 2.75) is 77.4 Å². The van der Waals surface area contributed by atoms with Crippen LogP contribution in [0, 0.1) is 22.5 Å². The quantitative estimate of drug-likeness (QED) is 0.274. The smallest absolute Gasteiger partial charge is 0.140 e. The third kappa shape index (κ3) is 5.46. The normalized spacial score (nSPS) is 25.6. The number of hydrogen-bond acceptors (Lipinski definition) is 6. The third-order valence-electron chi connectivity index (χ3n) is 10.8. The first-order valence-corrected chi connectivity index (χ1v) is 16.4. The molecule has 8 nitrogen and oxygen atoms in total. The van der Waals surface area contributed by atoms with Crippen LogP contribution in [0.25, 0.3) is 23.5 Å². The summed E-state index contributed by atoms with van der Waals surface area (Å²) < 4.78 is 29.9. The fourth-order valence-electron chi connectivity index (χ4n) is 8.09. The molecule has 48 heavy (non-hydrogen) atoms. The van der Waals surface area contributed by atoms with Crippen LogP contribution in [0.15, 0.2) is 72.1 Å². The Hall–Kier alpha value is -4.54. The number of rotatable bonds is 4. The average molecular weight is 653 g/mol. The van der Waals surface area contributed by atoms with E-state index in [9.17, 15) is 28.6 Å². The minimum absolute atomic E-state index is 0.104. The van der Waals surface area contributed by atoms with Crippen LogP contribution in [0.5, 0.6) is 0 Å². The number of aliphatic hydroxyl groups excluding tert-OH is 2. The summed E-state index contributed by atoms with van der Waals surface area (Å²) >= 11 is 0. The molecule has 2 aromatic heterocycles. The summed E-state index contributed by atoms with van der Waals surface area (Å²) in [5, 5.41) is 29.0. The van der Waals surface area contributed by atoms with Crippen molar-refractivity contribution in [2.75, 3.05) is 0 Å². The van der Waals surface area contributed by atoms with Gasteiger partial charge in [0.1, 0.15) is 23.2 Å². The maximum absolute atomic E-state index is 13.2. The van der Waals surface area contributed by atoms with Crippen molar-refractivity contribution in [3.63, 3.8) is 0 Å². The van der Waals surface area contributed by atoms with Gasteiger partial charge in [-0.15, -0.1) is 0 Å². The highest BCUT2D eigenvalue weighted by Crippen LogP contribution is 2.50. The second-order valence-corrected chi connectivity index (χ2v) is 13.6. The molecular weight excluding hydrogens is 614 g/mol. The van der Waals surface area contributed by atoms with E-state index in [1.54, 1.807) is 59.9 Å². The first kappa shape index (κ1) is 32.0. The highest BCUT2D eigenvalue weighted by atomic mass is 19.1. The lowest BCUT2D eigenvalue weighted by atomic mass is 9.62. The van der Waals surface area contributed by atoms with Gasteiger partial charge in [0.25, 0.3) is 0 Å². The zero-order valence-electron chi connectivity index (χ0n) is 27.0. The van der Waals surface area contributed by atoms with Crippen LogP contribution in [-0.2, 0) is 22.4 Å². The summed E-state index contributed by atoms with van der Waals surface area (Å²) in [4.78, 5) is 24.8. The summed E-state index contributed by atoms with van der Waals surface area (Å²) in [6.45, 7) is 3.22. The Bertz CT molecular complexity index is 1820. The molecule has 2 heterocycles. The molecule has 4 atom stereocenters. The first-order chi connectivity index (χ1) is 23.0. The van der Waals surface area contributed by atoms with E-state index in [2.05, 4.69) is 10.2 Å². The number of carbonyl (C=O) groups is 2. The zero-order valence-corrected chi connectivity index (χ0v) is 27.0. The van der Waals surface area contributed by atoms with Gasteiger partial charge in [0, 0.05) is 0 Å². The number of carbonyl (C=O) groups excluding carboxylic acids is 2. The van der Waals surface area contributed by atoms with Crippen LogP contribution in [0.2, 0.25) is 0 Å². The number of benzene rings is 2. The molecule has 2 fully saturated rings. The number of fused-ring (bicyclic) bond motifs is 4. The van der Waals surface area contributed by atoms with E-state index in [1.165, 1.54) is 24.3 Å². The van der Waals surface area contributed by atoms with Crippen molar-refractivity contribution in [3.8, 4) is 11.4 Å². The second kappa shape index (κ2) is 12.2. The van der Waals surface area contributed by atoms with E-state index in [0.29, 0.717) is 38.5 Å². The highest BCUT2D eigenvalue weighted by Gasteiger charge is 2.47. The van der Waals surface area contributed by atoms with Gasteiger partial charge in [-0.2, -0.15) is 10.2 Å². The summed E-state index contributed by atoms with van der Waals surface area (Å²) in [5.74, 6) is -0.356. The fourth-order valence-corrected chi connectivity index (χ4v) is 8.09. The molecule has 2 aromatic carbocycles. The summed E-state index contributed by atoms with van der Waals surface area (Å²) in [6, 6.07) is 12.4. The Morgan fingerprint density at radius 3 is 1.42 bits per heavy atom. The summed E-state index contributed by atoms with van der Waals surface area (Å²) in [7, 11) is 0. The number of ketones is 2. The zero-order chi connectivity index (χ0) is 33.8. The number of aliphatic hydroxyl groups is 2. The predicted octanol–water partition coefficient (Wildman–Crippen LogP) is 6.14. The molecule has 0 radical (unpaired) electrons. The van der Waals surface area contributed by atoms with Crippen molar-refractivity contribution >= 4 is 23.7 Å². The van der Waals surface area contributed by atoms with Gasteiger partial charge < -0.3 is 10.2 Å². The Morgan fingerprint density at radius 2 is 1.06 bits per heavy atom. The van der Waals surface area contributed by atoms with Crippen LogP contribution in [0.3, 0.4) is 0 Å². The van der Waals surface area contributed by atoms with Crippen LogP contribution in [-0.4, -0.2) is 53.5 Å². The molecule has 0 aliphatic heterocycles. The Morgan fingerprint density at radius 1 is 0.688 bits per heavy atom. The van der Waals surface area contributed by atoms with Gasteiger partial charge >= 0.3 is 0 Å². The van der Waals surface area contributed by atoms with Crippen molar-refractivity contribution in [2.24, 2.45) is 10.8 Å². The SMILES string of the molecule is CC(=O)[C@]12Cc3cnn(-c4ccc(F)cc4)c3C=C1CCC(O)C2.CC(=O)[C@]12Cc3cnn(-c4ccc(F)cc4)c3C=C1CC[C@@H](O)C2. The molecule has 4 aliphatic carbocycles. The first-order valence-electron chi connectivity index (χ1n) is 16.4. The number of halogens is 2. The standard InChI is InChI=1S/2C19H19FN2O2/c2*1-12(23)19-9-13-11-21-22(16-5-3-15(20)4-6-16)18(13)8-14(19)2-7-17(24)10-19/h2*3-6,8,11,17,24H,2,7,9-10H2,1H3/t17?,19-;17-,19-/m11/s1. The molecule has 0 saturated heterocycles. The Kier molecular flexibility index (Phi) is 8.12. The Labute approximate surface area is 277 Å². The lowest BCUT2D eigenvalue weighted by Crippen LogP contribution is -2.42.